The average molecular weight is 464 g/mol. The molecule has 182 valence electrons. The van der Waals surface area contributed by atoms with Crippen molar-refractivity contribution in [1.82, 2.24) is 21.4 Å². The summed E-state index contributed by atoms with van der Waals surface area (Å²) < 4.78 is 0. The molecule has 13 heteroatoms. The van der Waals surface area contributed by atoms with E-state index in [1.54, 1.807) is 24.5 Å². The fraction of sp³-hybridized carbons (Fsp3) is 0.550. The van der Waals surface area contributed by atoms with Crippen LogP contribution in [0.1, 0.15) is 51.5 Å². The standard InChI is InChI=1S/C20H33BN6O6/c1-13(2)12-17(21(30)31)25-19(29)16(10-7-11-23-20(22)26-27(32)33)24-18(28)14(3)15-8-5-4-6-9-15/h4-6,8-9,13-14,16-17,30-31H,7,10-12H2,1-3H3,(H,24,28)(H,25,29)(H3,22,23,26)/t14-,16-,17-/m0/s1. The van der Waals surface area contributed by atoms with Crippen LogP contribution in [-0.2, 0) is 9.59 Å². The second kappa shape index (κ2) is 14.1. The molecule has 0 spiro atoms. The Morgan fingerprint density at radius 3 is 2.30 bits per heavy atom. The number of guanidine groups is 1. The van der Waals surface area contributed by atoms with Crippen molar-refractivity contribution in [3.8, 4) is 0 Å². The van der Waals surface area contributed by atoms with E-state index in [1.807, 2.05) is 32.0 Å². The number of hydrogen-bond donors (Lipinski definition) is 7. The van der Waals surface area contributed by atoms with E-state index >= 15 is 0 Å². The summed E-state index contributed by atoms with van der Waals surface area (Å²) in [5.74, 6) is -2.77. The summed E-state index contributed by atoms with van der Waals surface area (Å²) in [5.41, 5.74) is 2.44. The molecule has 0 saturated carbocycles. The van der Waals surface area contributed by atoms with Gasteiger partial charge in [0.2, 0.25) is 11.8 Å². The van der Waals surface area contributed by atoms with Crippen molar-refractivity contribution >= 4 is 24.9 Å². The van der Waals surface area contributed by atoms with Crippen LogP contribution in [0.15, 0.2) is 30.3 Å². The van der Waals surface area contributed by atoms with Gasteiger partial charge in [-0.15, -0.1) is 0 Å². The van der Waals surface area contributed by atoms with Crippen molar-refractivity contribution < 1.29 is 24.7 Å². The number of carbonyl (C=O) groups is 2. The molecule has 12 nitrogen and oxygen atoms in total. The summed E-state index contributed by atoms with van der Waals surface area (Å²) in [5, 5.41) is 43.9. The van der Waals surface area contributed by atoms with E-state index in [-0.39, 0.29) is 24.8 Å². The average Bonchev–Trinajstić information content (AvgIpc) is 2.74. The van der Waals surface area contributed by atoms with Crippen LogP contribution in [0, 0.1) is 21.4 Å². The van der Waals surface area contributed by atoms with Crippen molar-refractivity contribution in [1.29, 1.82) is 5.41 Å². The lowest BCUT2D eigenvalue weighted by atomic mass is 9.75. The first-order chi connectivity index (χ1) is 15.5. The van der Waals surface area contributed by atoms with Crippen molar-refractivity contribution in [3.05, 3.63) is 46.0 Å². The van der Waals surface area contributed by atoms with Gasteiger partial charge in [0.25, 0.3) is 5.96 Å². The van der Waals surface area contributed by atoms with E-state index in [0.717, 1.165) is 5.56 Å². The predicted octanol–water partition coefficient (Wildman–Crippen LogP) is -0.0963. The zero-order chi connectivity index (χ0) is 25.0. The second-order valence-electron chi connectivity index (χ2n) is 8.16. The van der Waals surface area contributed by atoms with E-state index in [4.69, 9.17) is 5.41 Å². The van der Waals surface area contributed by atoms with Crippen molar-refractivity contribution in [2.24, 2.45) is 5.92 Å². The van der Waals surface area contributed by atoms with Gasteiger partial charge in [-0.05, 0) is 37.7 Å². The number of rotatable bonds is 13. The monoisotopic (exact) mass is 464 g/mol. The summed E-state index contributed by atoms with van der Waals surface area (Å²) in [6.45, 7) is 5.61. The molecule has 0 aromatic heterocycles. The number of nitrogens with zero attached hydrogens (tertiary/aromatic N) is 1. The molecule has 1 rings (SSSR count). The van der Waals surface area contributed by atoms with E-state index in [9.17, 15) is 29.8 Å². The predicted molar refractivity (Wildman–Crippen MR) is 123 cm³/mol. The molecule has 2 amide bonds. The van der Waals surface area contributed by atoms with Gasteiger partial charge in [-0.1, -0.05) is 49.6 Å². The molecule has 33 heavy (non-hydrogen) atoms. The summed E-state index contributed by atoms with van der Waals surface area (Å²) in [6, 6.07) is 8.08. The summed E-state index contributed by atoms with van der Waals surface area (Å²) in [6.07, 6.45) is 0.792. The van der Waals surface area contributed by atoms with Crippen LogP contribution in [0.3, 0.4) is 0 Å². The normalized spacial score (nSPS) is 13.4. The van der Waals surface area contributed by atoms with Gasteiger partial charge in [0.05, 0.1) is 11.9 Å². The zero-order valence-electron chi connectivity index (χ0n) is 19.1. The van der Waals surface area contributed by atoms with Gasteiger partial charge < -0.3 is 26.0 Å². The maximum atomic E-state index is 12.9. The first-order valence-corrected chi connectivity index (χ1v) is 10.8. The third-order valence-corrected chi connectivity index (χ3v) is 4.91. The Hall–Kier alpha value is -3.19. The molecule has 0 heterocycles. The first kappa shape index (κ1) is 27.8. The minimum absolute atomic E-state index is 0.0903. The summed E-state index contributed by atoms with van der Waals surface area (Å²) in [4.78, 5) is 36.0. The molecule has 0 aliphatic heterocycles. The Kier molecular flexibility index (Phi) is 11.9. The molecular weight excluding hydrogens is 431 g/mol. The van der Waals surface area contributed by atoms with Crippen molar-refractivity contribution in [2.45, 2.75) is 57.9 Å². The largest absolute Gasteiger partial charge is 0.475 e. The highest BCUT2D eigenvalue weighted by atomic mass is 16.7. The zero-order valence-corrected chi connectivity index (χ0v) is 19.1. The van der Waals surface area contributed by atoms with Gasteiger partial charge in [-0.25, -0.2) is 10.1 Å². The highest BCUT2D eigenvalue weighted by Crippen LogP contribution is 2.15. The Balaban J connectivity index is 2.83. The number of benzene rings is 1. The first-order valence-electron chi connectivity index (χ1n) is 10.8. The van der Waals surface area contributed by atoms with Crippen LogP contribution in [0.4, 0.5) is 0 Å². The van der Waals surface area contributed by atoms with Gasteiger partial charge in [0.1, 0.15) is 6.04 Å². The van der Waals surface area contributed by atoms with Crippen molar-refractivity contribution in [2.75, 3.05) is 6.54 Å². The fourth-order valence-corrected chi connectivity index (χ4v) is 3.16. The topological polar surface area (TPSA) is 190 Å². The summed E-state index contributed by atoms with van der Waals surface area (Å²) in [7, 11) is -1.76. The quantitative estimate of drug-likeness (QED) is 0.0526. The summed E-state index contributed by atoms with van der Waals surface area (Å²) >= 11 is 0. The Labute approximate surface area is 193 Å². The minimum Gasteiger partial charge on any atom is -0.426 e. The van der Waals surface area contributed by atoms with Crippen LogP contribution < -0.4 is 21.4 Å². The number of amides is 2. The molecule has 0 aliphatic carbocycles. The van der Waals surface area contributed by atoms with E-state index in [2.05, 4.69) is 16.0 Å². The van der Waals surface area contributed by atoms with Gasteiger partial charge in [-0.3, -0.25) is 15.0 Å². The SMILES string of the molecule is CC(C)C[C@H](NC(=O)[C@H](CCCNC(=N)N[N+](=O)[O-])NC(=O)[C@@H](C)c1ccccc1)B(O)O. The highest BCUT2D eigenvalue weighted by Gasteiger charge is 2.30. The van der Waals surface area contributed by atoms with Gasteiger partial charge >= 0.3 is 7.12 Å². The molecule has 0 saturated heterocycles. The van der Waals surface area contributed by atoms with Gasteiger partial charge in [0.15, 0.2) is 5.03 Å². The highest BCUT2D eigenvalue weighted by molar-refractivity contribution is 6.43. The van der Waals surface area contributed by atoms with Gasteiger partial charge in [0, 0.05) is 6.54 Å². The van der Waals surface area contributed by atoms with Crippen LogP contribution in [0.25, 0.3) is 0 Å². The minimum atomic E-state index is -1.76. The maximum absolute atomic E-state index is 12.9. The van der Waals surface area contributed by atoms with E-state index in [0.29, 0.717) is 12.8 Å². The van der Waals surface area contributed by atoms with E-state index in [1.165, 1.54) is 0 Å². The third kappa shape index (κ3) is 10.8. The molecule has 0 radical (unpaired) electrons. The smallest absolute Gasteiger partial charge is 0.426 e. The molecule has 1 aromatic rings. The molecule has 0 fully saturated rings. The molecule has 0 bridgehead atoms. The molecule has 0 unspecified atom stereocenters. The van der Waals surface area contributed by atoms with Crippen molar-refractivity contribution in [3.63, 3.8) is 0 Å². The molecular formula is C20H33BN6O6. The lowest BCUT2D eigenvalue weighted by Gasteiger charge is -2.25. The number of nitro groups is 1. The molecule has 7 N–H and O–H groups in total. The third-order valence-electron chi connectivity index (χ3n) is 4.91. The lowest BCUT2D eigenvalue weighted by molar-refractivity contribution is -0.525. The van der Waals surface area contributed by atoms with Gasteiger partial charge in [-0.2, -0.15) is 0 Å². The Morgan fingerprint density at radius 1 is 1.12 bits per heavy atom. The fourth-order valence-electron chi connectivity index (χ4n) is 3.16. The number of carbonyl (C=O) groups excluding carboxylic acids is 2. The number of hydrogen-bond acceptors (Lipinski definition) is 7. The van der Waals surface area contributed by atoms with Crippen LogP contribution in [0.5, 0.6) is 0 Å². The molecule has 1 aromatic carbocycles. The van der Waals surface area contributed by atoms with Crippen LogP contribution in [0.2, 0.25) is 0 Å². The molecule has 0 aliphatic rings. The number of hydrazine groups is 1. The van der Waals surface area contributed by atoms with Crippen LogP contribution >= 0.6 is 0 Å². The number of nitrogens with one attached hydrogen (secondary N) is 5. The molecule has 3 atom stereocenters. The Morgan fingerprint density at radius 2 is 1.76 bits per heavy atom. The maximum Gasteiger partial charge on any atom is 0.475 e. The second-order valence-corrected chi connectivity index (χ2v) is 8.16. The van der Waals surface area contributed by atoms with E-state index < -0.39 is 41.9 Å². The van der Waals surface area contributed by atoms with Crippen LogP contribution in [-0.4, -0.2) is 58.5 Å². The Bertz CT molecular complexity index is 795. The lowest BCUT2D eigenvalue weighted by Crippen LogP contribution is -2.54.